The average molecular weight is 274 g/mol. The van der Waals surface area contributed by atoms with E-state index in [0.29, 0.717) is 6.42 Å². The summed E-state index contributed by atoms with van der Waals surface area (Å²) in [7, 11) is 1.34. The zero-order valence-electron chi connectivity index (χ0n) is 11.3. The molecule has 0 spiro atoms. The Balaban J connectivity index is 2.50. The van der Waals surface area contributed by atoms with Gasteiger partial charge in [0.15, 0.2) is 0 Å². The van der Waals surface area contributed by atoms with E-state index >= 15 is 0 Å². The molecule has 1 unspecified atom stereocenters. The van der Waals surface area contributed by atoms with Crippen LogP contribution in [0.1, 0.15) is 20.3 Å². The van der Waals surface area contributed by atoms with Gasteiger partial charge in [-0.3, -0.25) is 9.59 Å². The van der Waals surface area contributed by atoms with E-state index in [9.17, 15) is 9.59 Å². The van der Waals surface area contributed by atoms with Crippen LogP contribution in [0.25, 0.3) is 0 Å². The van der Waals surface area contributed by atoms with Gasteiger partial charge in [-0.25, -0.2) is 0 Å². The first kappa shape index (κ1) is 15.3. The number of esters is 1. The lowest BCUT2D eigenvalue weighted by molar-refractivity contribution is -0.148. The fourth-order valence-corrected chi connectivity index (χ4v) is 2.79. The summed E-state index contributed by atoms with van der Waals surface area (Å²) in [6.45, 7) is 4.79. The second kappa shape index (κ2) is 7.63. The smallest absolute Gasteiger partial charge is 0.325 e. The molecule has 0 radical (unpaired) electrons. The van der Waals surface area contributed by atoms with Crippen molar-refractivity contribution in [2.24, 2.45) is 0 Å². The Kier molecular flexibility index (Phi) is 6.49. The molecule has 1 fully saturated rings. The summed E-state index contributed by atoms with van der Waals surface area (Å²) in [6, 6.07) is 0.225. The first-order valence-electron chi connectivity index (χ1n) is 6.22. The Morgan fingerprint density at radius 1 is 1.50 bits per heavy atom. The first-order valence-corrected chi connectivity index (χ1v) is 7.37. The van der Waals surface area contributed by atoms with Gasteiger partial charge in [0, 0.05) is 36.6 Å². The van der Waals surface area contributed by atoms with Crippen LogP contribution in [-0.4, -0.2) is 60.6 Å². The van der Waals surface area contributed by atoms with E-state index in [1.165, 1.54) is 7.11 Å². The molecule has 0 aromatic rings. The highest BCUT2D eigenvalue weighted by atomic mass is 32.2. The van der Waals surface area contributed by atoms with Gasteiger partial charge < -0.3 is 15.0 Å². The van der Waals surface area contributed by atoms with Gasteiger partial charge in [-0.2, -0.15) is 11.8 Å². The molecule has 1 atom stereocenters. The van der Waals surface area contributed by atoms with Crippen LogP contribution in [0.3, 0.4) is 0 Å². The summed E-state index contributed by atoms with van der Waals surface area (Å²) >= 11 is 1.86. The minimum Gasteiger partial charge on any atom is -0.468 e. The molecule has 1 amide bonds. The highest BCUT2D eigenvalue weighted by Gasteiger charge is 2.24. The standard InChI is InChI=1S/C12H22N2O3S/c1-9(2)14(7-12(16)17-3)11(15)6-10-8-18-5-4-13-10/h9-10,13H,4-8H2,1-3H3. The number of nitrogens with one attached hydrogen (secondary N) is 1. The van der Waals surface area contributed by atoms with E-state index in [2.05, 4.69) is 10.1 Å². The quantitative estimate of drug-likeness (QED) is 0.740. The number of rotatable bonds is 5. The summed E-state index contributed by atoms with van der Waals surface area (Å²) in [5, 5.41) is 3.33. The van der Waals surface area contributed by atoms with E-state index in [4.69, 9.17) is 0 Å². The topological polar surface area (TPSA) is 58.6 Å². The van der Waals surface area contributed by atoms with E-state index in [1.54, 1.807) is 4.90 Å². The molecule has 0 aromatic heterocycles. The van der Waals surface area contributed by atoms with Crippen LogP contribution in [0, 0.1) is 0 Å². The van der Waals surface area contributed by atoms with Crippen molar-refractivity contribution >= 4 is 23.6 Å². The highest BCUT2D eigenvalue weighted by Crippen LogP contribution is 2.12. The number of ether oxygens (including phenoxy) is 1. The van der Waals surface area contributed by atoms with Gasteiger partial charge >= 0.3 is 5.97 Å². The predicted octanol–water partition coefficient (Wildman–Crippen LogP) is 0.491. The Labute approximate surface area is 113 Å². The molecule has 1 heterocycles. The number of nitrogens with zero attached hydrogens (tertiary/aromatic N) is 1. The largest absolute Gasteiger partial charge is 0.468 e. The number of hydrogen-bond donors (Lipinski definition) is 1. The molecule has 18 heavy (non-hydrogen) atoms. The molecule has 1 rings (SSSR count). The zero-order valence-corrected chi connectivity index (χ0v) is 12.1. The maximum atomic E-state index is 12.2. The van der Waals surface area contributed by atoms with Crippen molar-refractivity contribution in [1.29, 1.82) is 0 Å². The van der Waals surface area contributed by atoms with Crippen LogP contribution in [-0.2, 0) is 14.3 Å². The maximum absolute atomic E-state index is 12.2. The van der Waals surface area contributed by atoms with Gasteiger partial charge in [-0.15, -0.1) is 0 Å². The molecule has 104 valence electrons. The van der Waals surface area contributed by atoms with Gasteiger partial charge in [0.1, 0.15) is 6.54 Å². The molecule has 1 saturated heterocycles. The number of carbonyl (C=O) groups excluding carboxylic acids is 2. The van der Waals surface area contributed by atoms with Crippen LogP contribution in [0.2, 0.25) is 0 Å². The molecule has 1 aliphatic rings. The monoisotopic (exact) mass is 274 g/mol. The lowest BCUT2D eigenvalue weighted by Gasteiger charge is -2.29. The molecule has 6 heteroatoms. The van der Waals surface area contributed by atoms with Gasteiger partial charge in [0.2, 0.25) is 5.91 Å². The molecule has 0 saturated carbocycles. The third-order valence-corrected chi connectivity index (χ3v) is 4.02. The number of methoxy groups -OCH3 is 1. The highest BCUT2D eigenvalue weighted by molar-refractivity contribution is 7.99. The number of amides is 1. The third-order valence-electron chi connectivity index (χ3n) is 2.89. The Morgan fingerprint density at radius 2 is 2.22 bits per heavy atom. The van der Waals surface area contributed by atoms with Crippen LogP contribution in [0.4, 0.5) is 0 Å². The summed E-state index contributed by atoms with van der Waals surface area (Å²) in [5.74, 6) is 1.69. The molecule has 1 aliphatic heterocycles. The molecule has 0 aliphatic carbocycles. The molecular formula is C12H22N2O3S. The second-order valence-electron chi connectivity index (χ2n) is 4.62. The fraction of sp³-hybridized carbons (Fsp3) is 0.833. The first-order chi connectivity index (χ1) is 8.54. The van der Waals surface area contributed by atoms with E-state index in [-0.39, 0.29) is 30.5 Å². The van der Waals surface area contributed by atoms with Gasteiger partial charge in [-0.1, -0.05) is 0 Å². The summed E-state index contributed by atoms with van der Waals surface area (Å²) in [4.78, 5) is 25.0. The van der Waals surface area contributed by atoms with Gasteiger partial charge in [0.25, 0.3) is 0 Å². The Morgan fingerprint density at radius 3 is 2.72 bits per heavy atom. The molecule has 0 aromatic carbocycles. The number of thioether (sulfide) groups is 1. The van der Waals surface area contributed by atoms with Crippen molar-refractivity contribution in [2.45, 2.75) is 32.4 Å². The van der Waals surface area contributed by atoms with Crippen LogP contribution in [0.15, 0.2) is 0 Å². The van der Waals surface area contributed by atoms with Crippen LogP contribution < -0.4 is 5.32 Å². The van der Waals surface area contributed by atoms with Crippen molar-refractivity contribution < 1.29 is 14.3 Å². The number of carbonyl (C=O) groups is 2. The lowest BCUT2D eigenvalue weighted by atomic mass is 10.2. The molecular weight excluding hydrogens is 252 g/mol. The van der Waals surface area contributed by atoms with Crippen molar-refractivity contribution in [3.05, 3.63) is 0 Å². The third kappa shape index (κ3) is 4.86. The van der Waals surface area contributed by atoms with Crippen molar-refractivity contribution in [3.8, 4) is 0 Å². The predicted molar refractivity (Wildman–Crippen MR) is 72.6 cm³/mol. The fourth-order valence-electron chi connectivity index (χ4n) is 1.84. The summed E-state index contributed by atoms with van der Waals surface area (Å²) in [5.41, 5.74) is 0. The minimum atomic E-state index is -0.372. The second-order valence-corrected chi connectivity index (χ2v) is 5.77. The van der Waals surface area contributed by atoms with E-state index in [0.717, 1.165) is 18.1 Å². The summed E-state index contributed by atoms with van der Waals surface area (Å²) in [6.07, 6.45) is 0.447. The SMILES string of the molecule is COC(=O)CN(C(=O)CC1CSCCN1)C(C)C. The normalized spacial score (nSPS) is 19.7. The van der Waals surface area contributed by atoms with Gasteiger partial charge in [0.05, 0.1) is 7.11 Å². The molecule has 1 N–H and O–H groups in total. The summed E-state index contributed by atoms with van der Waals surface area (Å²) < 4.78 is 4.62. The Bertz CT molecular complexity index is 291. The van der Waals surface area contributed by atoms with Crippen LogP contribution in [0.5, 0.6) is 0 Å². The molecule has 5 nitrogen and oxygen atoms in total. The minimum absolute atomic E-state index is 0.00726. The maximum Gasteiger partial charge on any atom is 0.325 e. The van der Waals surface area contributed by atoms with Crippen molar-refractivity contribution in [1.82, 2.24) is 10.2 Å². The van der Waals surface area contributed by atoms with E-state index < -0.39 is 0 Å². The van der Waals surface area contributed by atoms with Gasteiger partial charge in [-0.05, 0) is 13.8 Å². The van der Waals surface area contributed by atoms with E-state index in [1.807, 2.05) is 25.6 Å². The molecule has 0 bridgehead atoms. The number of hydrogen-bond acceptors (Lipinski definition) is 5. The van der Waals surface area contributed by atoms with Crippen LogP contribution >= 0.6 is 11.8 Å². The van der Waals surface area contributed by atoms with Crippen molar-refractivity contribution in [3.63, 3.8) is 0 Å². The lowest BCUT2D eigenvalue weighted by Crippen LogP contribution is -2.46. The average Bonchev–Trinajstić information content (AvgIpc) is 2.36. The zero-order chi connectivity index (χ0) is 13.5. The van der Waals surface area contributed by atoms with Crippen molar-refractivity contribution in [2.75, 3.05) is 31.7 Å². The Hall–Kier alpha value is -0.750.